The lowest BCUT2D eigenvalue weighted by atomic mass is 9.35. The van der Waals surface area contributed by atoms with Crippen molar-refractivity contribution in [2.24, 2.45) is 34.0 Å². The molecule has 230 valence electrons. The van der Waals surface area contributed by atoms with Crippen molar-refractivity contribution in [3.8, 4) is 0 Å². The summed E-state index contributed by atoms with van der Waals surface area (Å²) in [6.07, 6.45) is -1.13. The van der Waals surface area contributed by atoms with Gasteiger partial charge in [-0.15, -0.1) is 23.2 Å². The van der Waals surface area contributed by atoms with Crippen molar-refractivity contribution in [2.75, 3.05) is 36.4 Å². The van der Waals surface area contributed by atoms with Crippen LogP contribution >= 0.6 is 23.2 Å². The van der Waals surface area contributed by atoms with Crippen LogP contribution in [-0.4, -0.2) is 82.6 Å². The van der Waals surface area contributed by atoms with Gasteiger partial charge in [0.25, 0.3) is 0 Å². The minimum Gasteiger partial charge on any atom is -0.460 e. The molecule has 8 nitrogen and oxygen atoms in total. The molecule has 4 aliphatic carbocycles. The van der Waals surface area contributed by atoms with E-state index < -0.39 is 69.9 Å². The number of ketones is 1. The number of aliphatic hydroxyl groups excluding tert-OH is 2. The molecule has 5 unspecified atom stereocenters. The fourth-order valence-electron chi connectivity index (χ4n) is 9.79. The van der Waals surface area contributed by atoms with E-state index in [0.717, 1.165) is 11.3 Å². The lowest BCUT2D eigenvalue weighted by Gasteiger charge is -2.74. The monoisotopic (exact) mass is 621 g/mol. The molecule has 2 heterocycles. The standard InChI is InChI=1S/C32H41Cl2NO7/c1-18-21-8-9-22-30-17-41-32(40,27(39)25(30)29(2,3)11-10-23(30)36)31(22,26(18)38)28(21)42-24(37)16-19-4-6-20(7-5-19)35(14-12-33)15-13-34/h4-7,21-23,25,27-28,36,39-40H,1,8-17H2,2-3H3/t21?,22?,23-,25+,27-,28+,30?,31?,32?/m0/s1. The Bertz CT molecular complexity index is 1270. The number of halogens is 2. The fraction of sp³-hybridized carbons (Fsp3) is 0.688. The number of aliphatic hydroxyl groups is 3. The molecule has 2 saturated heterocycles. The largest absolute Gasteiger partial charge is 0.460 e. The van der Waals surface area contributed by atoms with E-state index >= 15 is 0 Å². The van der Waals surface area contributed by atoms with Gasteiger partial charge in [0.2, 0.25) is 5.79 Å². The van der Waals surface area contributed by atoms with Crippen molar-refractivity contribution in [2.45, 2.75) is 70.1 Å². The molecule has 6 fully saturated rings. The number of rotatable bonds is 8. The summed E-state index contributed by atoms with van der Waals surface area (Å²) in [5.74, 6) is -3.85. The van der Waals surface area contributed by atoms with Gasteiger partial charge in [0.15, 0.2) is 5.78 Å². The zero-order valence-electron chi connectivity index (χ0n) is 24.2. The Balaban J connectivity index is 1.33. The van der Waals surface area contributed by atoms with Crippen LogP contribution in [0.4, 0.5) is 5.69 Å². The number of alkyl halides is 2. The van der Waals surface area contributed by atoms with E-state index in [0.29, 0.717) is 50.5 Å². The van der Waals surface area contributed by atoms with Gasteiger partial charge >= 0.3 is 5.97 Å². The summed E-state index contributed by atoms with van der Waals surface area (Å²) in [4.78, 5) is 29.8. The number of nitrogens with zero attached hydrogens (tertiary/aromatic N) is 1. The third kappa shape index (κ3) is 3.88. The average molecular weight is 623 g/mol. The number of Topliss-reactive ketones (excluding diaryl/α,β-unsaturated/α-hetero) is 1. The van der Waals surface area contributed by atoms with Crippen molar-refractivity contribution < 1.29 is 34.4 Å². The molecule has 6 aliphatic rings. The van der Waals surface area contributed by atoms with Crippen LogP contribution < -0.4 is 4.90 Å². The molecule has 0 amide bonds. The third-order valence-corrected chi connectivity index (χ3v) is 11.8. The Morgan fingerprint density at radius 2 is 1.79 bits per heavy atom. The van der Waals surface area contributed by atoms with Gasteiger partial charge in [0.05, 0.1) is 19.1 Å². The Kier molecular flexibility index (Phi) is 7.55. The number of benzene rings is 1. The van der Waals surface area contributed by atoms with Crippen LogP contribution in [0.5, 0.6) is 0 Å². The van der Waals surface area contributed by atoms with Gasteiger partial charge in [-0.2, -0.15) is 0 Å². The van der Waals surface area contributed by atoms with Gasteiger partial charge < -0.3 is 29.7 Å². The van der Waals surface area contributed by atoms with Crippen LogP contribution in [0.1, 0.15) is 45.1 Å². The molecule has 2 aliphatic heterocycles. The number of hydrogen-bond acceptors (Lipinski definition) is 8. The number of fused-ring (bicyclic) bond motifs is 2. The number of anilines is 1. The highest BCUT2D eigenvalue weighted by Crippen LogP contribution is 2.76. The van der Waals surface area contributed by atoms with E-state index in [9.17, 15) is 24.9 Å². The van der Waals surface area contributed by atoms with E-state index in [1.807, 2.05) is 38.1 Å². The summed E-state index contributed by atoms with van der Waals surface area (Å²) >= 11 is 11.9. The Hall–Kier alpha value is -1.68. The predicted octanol–water partition coefficient (Wildman–Crippen LogP) is 3.45. The lowest BCUT2D eigenvalue weighted by molar-refractivity contribution is -0.458. The van der Waals surface area contributed by atoms with Gasteiger partial charge in [-0.05, 0) is 60.3 Å². The summed E-state index contributed by atoms with van der Waals surface area (Å²) in [5.41, 5.74) is -1.15. The molecular formula is C32H41Cl2NO7. The minimum atomic E-state index is -2.27. The molecule has 42 heavy (non-hydrogen) atoms. The summed E-state index contributed by atoms with van der Waals surface area (Å²) in [6.45, 7) is 9.48. The van der Waals surface area contributed by atoms with Crippen LogP contribution in [0.2, 0.25) is 0 Å². The van der Waals surface area contributed by atoms with E-state index in [2.05, 4.69) is 11.5 Å². The molecule has 1 aromatic rings. The van der Waals surface area contributed by atoms with Crippen molar-refractivity contribution in [1.29, 1.82) is 0 Å². The molecule has 3 N–H and O–H groups in total. The maximum atomic E-state index is 14.2. The number of ether oxygens (including phenoxy) is 2. The van der Waals surface area contributed by atoms with Crippen LogP contribution in [0.15, 0.2) is 36.4 Å². The molecule has 4 bridgehead atoms. The molecule has 1 aromatic carbocycles. The first-order valence-electron chi connectivity index (χ1n) is 15.0. The van der Waals surface area contributed by atoms with E-state index in [1.165, 1.54) is 0 Å². The first-order chi connectivity index (χ1) is 19.9. The normalized spacial score (nSPS) is 41.3. The van der Waals surface area contributed by atoms with Gasteiger partial charge in [0, 0.05) is 47.8 Å². The van der Waals surface area contributed by atoms with Gasteiger partial charge in [0.1, 0.15) is 17.6 Å². The summed E-state index contributed by atoms with van der Waals surface area (Å²) in [7, 11) is 0. The van der Waals surface area contributed by atoms with Crippen LogP contribution in [0.3, 0.4) is 0 Å². The Morgan fingerprint density at radius 1 is 1.12 bits per heavy atom. The zero-order chi connectivity index (χ0) is 30.2. The highest BCUT2D eigenvalue weighted by Gasteiger charge is 2.87. The van der Waals surface area contributed by atoms with Crippen molar-refractivity contribution in [3.63, 3.8) is 0 Å². The topological polar surface area (TPSA) is 117 Å². The van der Waals surface area contributed by atoms with Crippen molar-refractivity contribution in [3.05, 3.63) is 42.0 Å². The molecule has 7 rings (SSSR count). The fourth-order valence-corrected chi connectivity index (χ4v) is 10.2. The molecular weight excluding hydrogens is 581 g/mol. The highest BCUT2D eigenvalue weighted by atomic mass is 35.5. The van der Waals surface area contributed by atoms with E-state index in [-0.39, 0.29) is 18.6 Å². The maximum Gasteiger partial charge on any atom is 0.310 e. The SMILES string of the molecule is C=C1C(=O)C23C(CCC1[C@H]2OC(=O)Cc1ccc(N(CCCl)CCCl)cc1)C12COC3(O)[C@@H](O)[C@@H]1C(C)(C)CC[C@@H]2O. The molecule has 4 saturated carbocycles. The minimum absolute atomic E-state index is 0.0319. The molecule has 10 heteroatoms. The zero-order valence-corrected chi connectivity index (χ0v) is 25.7. The number of hydrogen-bond donors (Lipinski definition) is 3. The number of carbonyl (C=O) groups is 2. The van der Waals surface area contributed by atoms with Crippen molar-refractivity contribution in [1.82, 2.24) is 0 Å². The second-order valence-electron chi connectivity index (χ2n) is 13.6. The van der Waals surface area contributed by atoms with Crippen molar-refractivity contribution >= 4 is 40.6 Å². The first kappa shape index (κ1) is 30.4. The van der Waals surface area contributed by atoms with Gasteiger partial charge in [-0.25, -0.2) is 0 Å². The highest BCUT2D eigenvalue weighted by molar-refractivity contribution is 6.18. The predicted molar refractivity (Wildman–Crippen MR) is 158 cm³/mol. The first-order valence-corrected chi connectivity index (χ1v) is 16.1. The summed E-state index contributed by atoms with van der Waals surface area (Å²) in [5, 5.41) is 35.8. The number of esters is 1. The maximum absolute atomic E-state index is 14.2. The smallest absolute Gasteiger partial charge is 0.310 e. The number of carbonyl (C=O) groups excluding carboxylic acids is 2. The van der Waals surface area contributed by atoms with Crippen LogP contribution in [0.25, 0.3) is 0 Å². The Morgan fingerprint density at radius 3 is 2.43 bits per heavy atom. The third-order valence-electron chi connectivity index (χ3n) is 11.5. The lowest BCUT2D eigenvalue weighted by Crippen LogP contribution is -2.85. The molecule has 0 aromatic heterocycles. The molecule has 9 atom stereocenters. The molecule has 2 spiro atoms. The van der Waals surface area contributed by atoms with Crippen LogP contribution in [-0.2, 0) is 25.5 Å². The summed E-state index contributed by atoms with van der Waals surface area (Å²) < 4.78 is 12.3. The second-order valence-corrected chi connectivity index (χ2v) is 14.4. The van der Waals surface area contributed by atoms with Gasteiger partial charge in [-0.1, -0.05) is 32.6 Å². The summed E-state index contributed by atoms with van der Waals surface area (Å²) in [6, 6.07) is 7.51. The quantitative estimate of drug-likeness (QED) is 0.230. The second kappa shape index (κ2) is 10.5. The van der Waals surface area contributed by atoms with E-state index in [4.69, 9.17) is 32.7 Å². The average Bonchev–Trinajstić information content (AvgIpc) is 3.06. The molecule has 0 radical (unpaired) electrons. The Labute approximate surface area is 257 Å². The van der Waals surface area contributed by atoms with Crippen LogP contribution in [0, 0.1) is 34.0 Å². The van der Waals surface area contributed by atoms with E-state index in [1.54, 1.807) is 0 Å². The van der Waals surface area contributed by atoms with Gasteiger partial charge in [-0.3, -0.25) is 9.59 Å².